The van der Waals surface area contributed by atoms with Crippen molar-refractivity contribution >= 4 is 22.7 Å². The molecular formula is C22H21N5O3. The van der Waals surface area contributed by atoms with E-state index in [0.717, 1.165) is 43.0 Å². The minimum absolute atomic E-state index is 0.125. The number of anilines is 1. The highest BCUT2D eigenvalue weighted by Gasteiger charge is 2.17. The second-order valence-electron chi connectivity index (χ2n) is 7.45. The summed E-state index contributed by atoms with van der Waals surface area (Å²) >= 11 is 0. The van der Waals surface area contributed by atoms with Gasteiger partial charge in [-0.3, -0.25) is 9.36 Å². The SMILES string of the molecule is O=C(Cn1c(=O)oc2ccccc21)Nc1cccc(-c2nnc3n2CCCCC3)c1. The lowest BCUT2D eigenvalue weighted by atomic mass is 10.2. The number of carbonyl (C=O) groups excluding carboxylic acids is 1. The first-order valence-corrected chi connectivity index (χ1v) is 10.1. The molecule has 0 fully saturated rings. The van der Waals surface area contributed by atoms with Gasteiger partial charge < -0.3 is 14.3 Å². The molecule has 8 nitrogen and oxygen atoms in total. The lowest BCUT2D eigenvalue weighted by molar-refractivity contribution is -0.116. The molecule has 4 aromatic rings. The average Bonchev–Trinajstić information content (AvgIpc) is 3.19. The van der Waals surface area contributed by atoms with Crippen LogP contribution >= 0.6 is 0 Å². The molecule has 1 aliphatic rings. The van der Waals surface area contributed by atoms with E-state index in [2.05, 4.69) is 20.1 Å². The van der Waals surface area contributed by atoms with Gasteiger partial charge in [0.2, 0.25) is 5.91 Å². The molecule has 0 bridgehead atoms. The number of para-hydroxylation sites is 2. The molecule has 0 radical (unpaired) electrons. The molecule has 2 aromatic heterocycles. The summed E-state index contributed by atoms with van der Waals surface area (Å²) in [6.07, 6.45) is 4.38. The molecule has 30 heavy (non-hydrogen) atoms. The number of fused-ring (bicyclic) bond motifs is 2. The third-order valence-corrected chi connectivity index (χ3v) is 5.39. The molecule has 152 valence electrons. The van der Waals surface area contributed by atoms with Crippen molar-refractivity contribution in [2.24, 2.45) is 0 Å². The fraction of sp³-hybridized carbons (Fsp3) is 0.273. The largest absolute Gasteiger partial charge is 0.420 e. The smallest absolute Gasteiger partial charge is 0.408 e. The third-order valence-electron chi connectivity index (χ3n) is 5.39. The molecule has 3 heterocycles. The Morgan fingerprint density at radius 1 is 1.07 bits per heavy atom. The zero-order valence-electron chi connectivity index (χ0n) is 16.4. The Balaban J connectivity index is 1.37. The molecular weight excluding hydrogens is 382 g/mol. The van der Waals surface area contributed by atoms with Crippen molar-refractivity contribution in [1.29, 1.82) is 0 Å². The molecule has 1 amide bonds. The zero-order valence-corrected chi connectivity index (χ0v) is 16.4. The van der Waals surface area contributed by atoms with Gasteiger partial charge in [0.15, 0.2) is 11.4 Å². The van der Waals surface area contributed by atoms with E-state index in [4.69, 9.17) is 4.42 Å². The van der Waals surface area contributed by atoms with Crippen LogP contribution in [0, 0.1) is 0 Å². The number of carbonyl (C=O) groups is 1. The maximum absolute atomic E-state index is 12.6. The quantitative estimate of drug-likeness (QED) is 0.565. The summed E-state index contributed by atoms with van der Waals surface area (Å²) in [5.74, 6) is 0.982. The van der Waals surface area contributed by atoms with E-state index in [9.17, 15) is 9.59 Å². The molecule has 1 N–H and O–H groups in total. The number of hydrogen-bond acceptors (Lipinski definition) is 5. The van der Waals surface area contributed by atoms with Crippen molar-refractivity contribution in [3.05, 3.63) is 64.9 Å². The van der Waals surface area contributed by atoms with E-state index in [-0.39, 0.29) is 12.5 Å². The van der Waals surface area contributed by atoms with Gasteiger partial charge >= 0.3 is 5.76 Å². The normalized spacial score (nSPS) is 13.7. The van der Waals surface area contributed by atoms with Crippen molar-refractivity contribution < 1.29 is 9.21 Å². The summed E-state index contributed by atoms with van der Waals surface area (Å²) in [6, 6.07) is 14.6. The van der Waals surface area contributed by atoms with Crippen LogP contribution in [-0.2, 0) is 24.3 Å². The second-order valence-corrected chi connectivity index (χ2v) is 7.45. The molecule has 0 saturated carbocycles. The van der Waals surface area contributed by atoms with Crippen molar-refractivity contribution in [2.45, 2.75) is 38.8 Å². The van der Waals surface area contributed by atoms with Crippen LogP contribution in [0.1, 0.15) is 25.1 Å². The molecule has 1 aliphatic heterocycles. The summed E-state index contributed by atoms with van der Waals surface area (Å²) < 4.78 is 8.69. The Morgan fingerprint density at radius 2 is 1.97 bits per heavy atom. The maximum Gasteiger partial charge on any atom is 0.420 e. The molecule has 0 saturated heterocycles. The Bertz CT molecular complexity index is 1280. The predicted octanol–water partition coefficient (Wildman–Crippen LogP) is 3.22. The maximum atomic E-state index is 12.6. The zero-order chi connectivity index (χ0) is 20.5. The van der Waals surface area contributed by atoms with Crippen LogP contribution in [-0.4, -0.2) is 25.2 Å². The fourth-order valence-corrected chi connectivity index (χ4v) is 3.94. The molecule has 8 heteroatoms. The number of hydrogen-bond donors (Lipinski definition) is 1. The predicted molar refractivity (Wildman–Crippen MR) is 112 cm³/mol. The number of amides is 1. The van der Waals surface area contributed by atoms with Crippen molar-refractivity contribution in [3.63, 3.8) is 0 Å². The van der Waals surface area contributed by atoms with Gasteiger partial charge in [-0.25, -0.2) is 4.79 Å². The van der Waals surface area contributed by atoms with Crippen LogP contribution in [0.15, 0.2) is 57.7 Å². The molecule has 0 aliphatic carbocycles. The summed E-state index contributed by atoms with van der Waals surface area (Å²) in [4.78, 5) is 24.7. The number of rotatable bonds is 4. The highest BCUT2D eigenvalue weighted by Crippen LogP contribution is 2.25. The standard InChI is InChI=1S/C22H21N5O3/c28-20(14-27-17-9-3-4-10-18(17)30-22(27)29)23-16-8-6-7-15(13-16)21-25-24-19-11-2-1-5-12-26(19)21/h3-4,6-10,13H,1-2,5,11-12,14H2,(H,23,28). The third kappa shape index (κ3) is 3.41. The fourth-order valence-electron chi connectivity index (χ4n) is 3.94. The molecule has 0 atom stereocenters. The number of nitrogens with zero attached hydrogens (tertiary/aromatic N) is 4. The Kier molecular flexibility index (Phi) is 4.66. The first-order chi connectivity index (χ1) is 14.7. The van der Waals surface area contributed by atoms with Crippen LogP contribution in [0.5, 0.6) is 0 Å². The van der Waals surface area contributed by atoms with Gasteiger partial charge in [0.05, 0.1) is 5.52 Å². The monoisotopic (exact) mass is 403 g/mol. The minimum Gasteiger partial charge on any atom is -0.408 e. The average molecular weight is 403 g/mol. The van der Waals surface area contributed by atoms with Gasteiger partial charge in [-0.05, 0) is 37.1 Å². The Labute approximate surface area is 172 Å². The molecule has 0 unspecified atom stereocenters. The van der Waals surface area contributed by atoms with E-state index < -0.39 is 5.76 Å². The van der Waals surface area contributed by atoms with Gasteiger partial charge in [0, 0.05) is 24.2 Å². The summed E-state index contributed by atoms with van der Waals surface area (Å²) in [6.45, 7) is 0.783. The first kappa shape index (κ1) is 18.4. The van der Waals surface area contributed by atoms with E-state index in [1.165, 1.54) is 11.0 Å². The number of benzene rings is 2. The van der Waals surface area contributed by atoms with E-state index in [1.807, 2.05) is 24.3 Å². The van der Waals surface area contributed by atoms with Crippen LogP contribution in [0.3, 0.4) is 0 Å². The lowest BCUT2D eigenvalue weighted by Gasteiger charge is -2.10. The molecule has 5 rings (SSSR count). The Morgan fingerprint density at radius 3 is 2.90 bits per heavy atom. The summed E-state index contributed by atoms with van der Waals surface area (Å²) in [5, 5.41) is 11.6. The van der Waals surface area contributed by atoms with Crippen LogP contribution in [0.2, 0.25) is 0 Å². The van der Waals surface area contributed by atoms with Crippen molar-refractivity contribution in [1.82, 2.24) is 19.3 Å². The van der Waals surface area contributed by atoms with E-state index in [1.54, 1.807) is 24.3 Å². The van der Waals surface area contributed by atoms with Gasteiger partial charge in [0.25, 0.3) is 0 Å². The highest BCUT2D eigenvalue weighted by atomic mass is 16.4. The van der Waals surface area contributed by atoms with E-state index >= 15 is 0 Å². The number of oxazole rings is 1. The second kappa shape index (κ2) is 7.62. The van der Waals surface area contributed by atoms with Crippen molar-refractivity contribution in [3.8, 4) is 11.4 Å². The highest BCUT2D eigenvalue weighted by molar-refractivity contribution is 5.92. The van der Waals surface area contributed by atoms with Crippen LogP contribution in [0.4, 0.5) is 5.69 Å². The first-order valence-electron chi connectivity index (χ1n) is 10.1. The molecule has 2 aromatic carbocycles. The van der Waals surface area contributed by atoms with Gasteiger partial charge in [-0.1, -0.05) is 30.7 Å². The van der Waals surface area contributed by atoms with Gasteiger partial charge in [0.1, 0.15) is 12.4 Å². The number of aryl methyl sites for hydroxylation is 1. The summed E-state index contributed by atoms with van der Waals surface area (Å²) in [5.41, 5.74) is 2.60. The number of nitrogens with one attached hydrogen (secondary N) is 1. The Hall–Kier alpha value is -3.68. The topological polar surface area (TPSA) is 94.9 Å². The number of aromatic nitrogens is 4. The molecule has 0 spiro atoms. The minimum atomic E-state index is -0.550. The van der Waals surface area contributed by atoms with Crippen molar-refractivity contribution in [2.75, 3.05) is 5.32 Å². The van der Waals surface area contributed by atoms with Gasteiger partial charge in [-0.15, -0.1) is 10.2 Å². The van der Waals surface area contributed by atoms with Gasteiger partial charge in [-0.2, -0.15) is 0 Å². The van der Waals surface area contributed by atoms with Crippen LogP contribution < -0.4 is 11.1 Å². The van der Waals surface area contributed by atoms with Crippen LogP contribution in [0.25, 0.3) is 22.5 Å². The van der Waals surface area contributed by atoms with E-state index in [0.29, 0.717) is 16.8 Å². The lowest BCUT2D eigenvalue weighted by Crippen LogP contribution is -2.24. The summed E-state index contributed by atoms with van der Waals surface area (Å²) in [7, 11) is 0.